The summed E-state index contributed by atoms with van der Waals surface area (Å²) in [6.07, 6.45) is 3.01. The van der Waals surface area contributed by atoms with E-state index in [1.54, 1.807) is 12.1 Å². The summed E-state index contributed by atoms with van der Waals surface area (Å²) in [6.45, 7) is -2.87. The molecule has 0 radical (unpaired) electrons. The van der Waals surface area contributed by atoms with Gasteiger partial charge in [-0.3, -0.25) is 4.79 Å². The maximum absolute atomic E-state index is 12.2. The zero-order valence-electron chi connectivity index (χ0n) is 10.8. The molecule has 0 saturated carbocycles. The second-order valence-electron chi connectivity index (χ2n) is 5.29. The van der Waals surface area contributed by atoms with Crippen molar-refractivity contribution in [3.05, 3.63) is 24.3 Å². The molecule has 3 unspecified atom stereocenters. The third-order valence-corrected chi connectivity index (χ3v) is 3.96. The summed E-state index contributed by atoms with van der Waals surface area (Å²) in [5, 5.41) is 6.18. The van der Waals surface area contributed by atoms with Crippen LogP contribution in [0.25, 0.3) is 0 Å². The lowest BCUT2D eigenvalue weighted by atomic mass is 9.88. The molecule has 2 heterocycles. The van der Waals surface area contributed by atoms with Crippen LogP contribution >= 0.6 is 0 Å². The highest BCUT2D eigenvalue weighted by Crippen LogP contribution is 2.34. The number of amides is 1. The highest BCUT2D eigenvalue weighted by molar-refractivity contribution is 5.93. The van der Waals surface area contributed by atoms with E-state index in [4.69, 9.17) is 0 Å². The van der Waals surface area contributed by atoms with Crippen LogP contribution in [0.2, 0.25) is 0 Å². The van der Waals surface area contributed by atoms with Gasteiger partial charge in [0.05, 0.1) is 5.92 Å². The van der Waals surface area contributed by atoms with Gasteiger partial charge in [0.1, 0.15) is 5.75 Å². The molecule has 2 aliphatic rings. The number of alkyl halides is 2. The summed E-state index contributed by atoms with van der Waals surface area (Å²) in [6, 6.07) is 6.78. The van der Waals surface area contributed by atoms with Crippen molar-refractivity contribution < 1.29 is 18.3 Å². The SMILES string of the molecule is O=C(Nc1cccc(OC(F)F)c1)C1CC2CCC1N2. The molecule has 108 valence electrons. The molecule has 1 amide bonds. The number of carbonyl (C=O) groups is 1. The first-order chi connectivity index (χ1) is 9.61. The lowest BCUT2D eigenvalue weighted by Crippen LogP contribution is -2.32. The van der Waals surface area contributed by atoms with Gasteiger partial charge in [0.25, 0.3) is 0 Å². The van der Waals surface area contributed by atoms with Gasteiger partial charge in [-0.15, -0.1) is 0 Å². The Balaban J connectivity index is 1.64. The van der Waals surface area contributed by atoms with Crippen molar-refractivity contribution in [3.8, 4) is 5.75 Å². The van der Waals surface area contributed by atoms with Crippen molar-refractivity contribution in [2.75, 3.05) is 5.32 Å². The van der Waals surface area contributed by atoms with Crippen LogP contribution in [0.1, 0.15) is 19.3 Å². The van der Waals surface area contributed by atoms with E-state index < -0.39 is 6.61 Å². The highest BCUT2D eigenvalue weighted by Gasteiger charge is 2.42. The Labute approximate surface area is 115 Å². The molecule has 1 aromatic carbocycles. The van der Waals surface area contributed by atoms with Crippen molar-refractivity contribution >= 4 is 11.6 Å². The predicted octanol–water partition coefficient (Wildman–Crippen LogP) is 2.37. The number of hydrogen-bond donors (Lipinski definition) is 2. The zero-order valence-corrected chi connectivity index (χ0v) is 10.8. The largest absolute Gasteiger partial charge is 0.435 e. The lowest BCUT2D eigenvalue weighted by molar-refractivity contribution is -0.120. The monoisotopic (exact) mass is 282 g/mol. The molecular formula is C14H16F2N2O2. The summed E-state index contributed by atoms with van der Waals surface area (Å²) < 4.78 is 28.6. The predicted molar refractivity (Wildman–Crippen MR) is 69.8 cm³/mol. The van der Waals surface area contributed by atoms with Crippen LogP contribution in [0.15, 0.2) is 24.3 Å². The Hall–Kier alpha value is -1.69. The molecule has 2 bridgehead atoms. The van der Waals surface area contributed by atoms with Gasteiger partial charge in [-0.2, -0.15) is 8.78 Å². The molecule has 2 saturated heterocycles. The minimum atomic E-state index is -2.87. The lowest BCUT2D eigenvalue weighted by Gasteiger charge is -2.19. The maximum Gasteiger partial charge on any atom is 0.387 e. The quantitative estimate of drug-likeness (QED) is 0.891. The fraction of sp³-hybridized carbons (Fsp3) is 0.500. The molecular weight excluding hydrogens is 266 g/mol. The van der Waals surface area contributed by atoms with Gasteiger partial charge in [-0.25, -0.2) is 0 Å². The van der Waals surface area contributed by atoms with Crippen LogP contribution in [0, 0.1) is 5.92 Å². The van der Waals surface area contributed by atoms with Gasteiger partial charge in [0.15, 0.2) is 0 Å². The molecule has 3 rings (SSSR count). The number of carbonyl (C=O) groups excluding carboxylic acids is 1. The number of fused-ring (bicyclic) bond motifs is 2. The first-order valence-electron chi connectivity index (χ1n) is 6.73. The molecule has 1 aromatic rings. The minimum Gasteiger partial charge on any atom is -0.435 e. The molecule has 2 fully saturated rings. The van der Waals surface area contributed by atoms with E-state index in [1.807, 2.05) is 0 Å². The number of nitrogens with one attached hydrogen (secondary N) is 2. The zero-order chi connectivity index (χ0) is 14.1. The van der Waals surface area contributed by atoms with Crippen LogP contribution in [0.4, 0.5) is 14.5 Å². The Bertz CT molecular complexity index is 510. The van der Waals surface area contributed by atoms with Gasteiger partial charge in [-0.1, -0.05) is 6.07 Å². The number of halogens is 2. The van der Waals surface area contributed by atoms with Gasteiger partial charge in [0, 0.05) is 23.8 Å². The topological polar surface area (TPSA) is 50.4 Å². The maximum atomic E-state index is 12.2. The van der Waals surface area contributed by atoms with Crippen LogP contribution in [-0.2, 0) is 4.79 Å². The first kappa shape index (κ1) is 13.3. The number of benzene rings is 1. The van der Waals surface area contributed by atoms with Crippen molar-refractivity contribution in [2.45, 2.75) is 38.0 Å². The summed E-state index contributed by atoms with van der Waals surface area (Å²) in [7, 11) is 0. The van der Waals surface area contributed by atoms with E-state index in [2.05, 4.69) is 15.4 Å². The summed E-state index contributed by atoms with van der Waals surface area (Å²) in [4.78, 5) is 12.2. The third-order valence-electron chi connectivity index (χ3n) is 3.96. The van der Waals surface area contributed by atoms with Crippen molar-refractivity contribution in [1.29, 1.82) is 0 Å². The molecule has 6 heteroatoms. The van der Waals surface area contributed by atoms with E-state index in [0.29, 0.717) is 11.7 Å². The van der Waals surface area contributed by atoms with Gasteiger partial charge < -0.3 is 15.4 Å². The second-order valence-corrected chi connectivity index (χ2v) is 5.29. The molecule has 3 atom stereocenters. The first-order valence-corrected chi connectivity index (χ1v) is 6.73. The molecule has 20 heavy (non-hydrogen) atoms. The number of ether oxygens (including phenoxy) is 1. The molecule has 4 nitrogen and oxygen atoms in total. The Morgan fingerprint density at radius 2 is 2.25 bits per heavy atom. The summed E-state index contributed by atoms with van der Waals surface area (Å²) >= 11 is 0. The Morgan fingerprint density at radius 1 is 1.40 bits per heavy atom. The molecule has 0 aliphatic carbocycles. The van der Waals surface area contributed by atoms with Gasteiger partial charge in [-0.05, 0) is 31.4 Å². The average molecular weight is 282 g/mol. The third kappa shape index (κ3) is 2.75. The molecule has 0 aromatic heterocycles. The highest BCUT2D eigenvalue weighted by atomic mass is 19.3. The van der Waals surface area contributed by atoms with Crippen molar-refractivity contribution in [3.63, 3.8) is 0 Å². The van der Waals surface area contributed by atoms with Gasteiger partial charge in [0.2, 0.25) is 5.91 Å². The van der Waals surface area contributed by atoms with Crippen LogP contribution in [-0.4, -0.2) is 24.6 Å². The molecule has 2 N–H and O–H groups in total. The van der Waals surface area contributed by atoms with E-state index in [0.717, 1.165) is 19.3 Å². The van der Waals surface area contributed by atoms with Crippen LogP contribution in [0.3, 0.4) is 0 Å². The fourth-order valence-corrected chi connectivity index (χ4v) is 3.10. The number of rotatable bonds is 4. The second kappa shape index (κ2) is 5.36. The van der Waals surface area contributed by atoms with Gasteiger partial charge >= 0.3 is 6.61 Å². The van der Waals surface area contributed by atoms with E-state index in [1.165, 1.54) is 12.1 Å². The van der Waals surface area contributed by atoms with E-state index in [-0.39, 0.29) is 23.6 Å². The standard InChI is InChI=1S/C14H16F2N2O2/c15-14(16)20-10-3-1-2-8(6-10)18-13(19)11-7-9-4-5-12(11)17-9/h1-3,6,9,11-12,14,17H,4-5,7H2,(H,18,19). The van der Waals surface area contributed by atoms with E-state index in [9.17, 15) is 13.6 Å². The summed E-state index contributed by atoms with van der Waals surface area (Å²) in [5.41, 5.74) is 0.482. The Morgan fingerprint density at radius 3 is 2.90 bits per heavy atom. The minimum absolute atomic E-state index is 0.0339. The smallest absolute Gasteiger partial charge is 0.387 e. The van der Waals surface area contributed by atoms with E-state index >= 15 is 0 Å². The Kier molecular flexibility index (Phi) is 3.56. The fourth-order valence-electron chi connectivity index (χ4n) is 3.10. The molecule has 2 aliphatic heterocycles. The number of hydrogen-bond acceptors (Lipinski definition) is 3. The summed E-state index contributed by atoms with van der Waals surface area (Å²) in [5.74, 6) is -0.0452. The van der Waals surface area contributed by atoms with Crippen LogP contribution < -0.4 is 15.4 Å². The normalized spacial score (nSPS) is 27.9. The molecule has 0 spiro atoms. The average Bonchev–Trinajstić information content (AvgIpc) is 3.00. The van der Waals surface area contributed by atoms with Crippen molar-refractivity contribution in [2.24, 2.45) is 5.92 Å². The van der Waals surface area contributed by atoms with Crippen LogP contribution in [0.5, 0.6) is 5.75 Å². The number of anilines is 1. The van der Waals surface area contributed by atoms with Crippen molar-refractivity contribution in [1.82, 2.24) is 5.32 Å².